The Morgan fingerprint density at radius 2 is 1.97 bits per heavy atom. The third-order valence-electron chi connectivity index (χ3n) is 4.61. The number of pyridine rings is 2. The summed E-state index contributed by atoms with van der Waals surface area (Å²) in [6.07, 6.45) is 1.38. The summed E-state index contributed by atoms with van der Waals surface area (Å²) in [7, 11) is 0. The summed E-state index contributed by atoms with van der Waals surface area (Å²) < 4.78 is 11.6. The van der Waals surface area contributed by atoms with Crippen molar-refractivity contribution in [3.05, 3.63) is 59.9 Å². The summed E-state index contributed by atoms with van der Waals surface area (Å²) in [5.41, 5.74) is 2.69. The Balaban J connectivity index is 1.71. The van der Waals surface area contributed by atoms with E-state index in [9.17, 15) is 10.4 Å². The van der Waals surface area contributed by atoms with Crippen LogP contribution >= 0.6 is 0 Å². The maximum Gasteiger partial charge on any atom is 0.138 e. The number of ether oxygens (including phenoxy) is 2. The molecule has 1 fully saturated rings. The first-order chi connectivity index (χ1) is 14.1. The molecule has 0 saturated carbocycles. The molecule has 1 saturated heterocycles. The predicted molar refractivity (Wildman–Crippen MR) is 108 cm³/mol. The average molecular weight is 388 g/mol. The Bertz CT molecular complexity index is 1050. The van der Waals surface area contributed by atoms with E-state index >= 15 is 0 Å². The van der Waals surface area contributed by atoms with Crippen LogP contribution in [0, 0.1) is 18.3 Å². The lowest BCUT2D eigenvalue weighted by Crippen LogP contribution is -2.36. The number of morpholine rings is 1. The fourth-order valence-corrected chi connectivity index (χ4v) is 3.19. The van der Waals surface area contributed by atoms with Crippen LogP contribution < -0.4 is 9.64 Å². The molecule has 1 N–H and O–H groups in total. The molecule has 0 radical (unpaired) electrons. The highest BCUT2D eigenvalue weighted by molar-refractivity contribution is 5.69. The van der Waals surface area contributed by atoms with E-state index in [2.05, 4.69) is 20.9 Å². The van der Waals surface area contributed by atoms with Gasteiger partial charge in [-0.3, -0.25) is 4.98 Å². The second kappa shape index (κ2) is 8.17. The van der Waals surface area contributed by atoms with Crippen LogP contribution in [0.1, 0.15) is 11.3 Å². The standard InChI is InChI=1S/C22H20N4O3/c1-15-10-18(12-22(25-15)26-6-8-28-9-7-26)29-21-11-16(13-23)2-4-19(21)20-5-3-17(27)14-24-20/h2-5,10-12,14,27H,6-9H2,1H3. The van der Waals surface area contributed by atoms with Crippen molar-refractivity contribution in [2.75, 3.05) is 31.2 Å². The van der Waals surface area contributed by atoms with Crippen LogP contribution in [0.5, 0.6) is 17.2 Å². The molecule has 29 heavy (non-hydrogen) atoms. The van der Waals surface area contributed by atoms with E-state index in [-0.39, 0.29) is 5.75 Å². The third-order valence-corrected chi connectivity index (χ3v) is 4.61. The molecule has 1 aliphatic heterocycles. The molecule has 1 aromatic carbocycles. The molecule has 1 aliphatic rings. The zero-order chi connectivity index (χ0) is 20.2. The van der Waals surface area contributed by atoms with Gasteiger partial charge in [-0.2, -0.15) is 5.26 Å². The van der Waals surface area contributed by atoms with Crippen molar-refractivity contribution in [1.82, 2.24) is 9.97 Å². The van der Waals surface area contributed by atoms with E-state index in [1.165, 1.54) is 6.20 Å². The van der Waals surface area contributed by atoms with E-state index in [1.807, 2.05) is 19.1 Å². The van der Waals surface area contributed by atoms with E-state index in [1.54, 1.807) is 30.3 Å². The Morgan fingerprint density at radius 3 is 2.69 bits per heavy atom. The van der Waals surface area contributed by atoms with E-state index in [0.717, 1.165) is 30.2 Å². The molecule has 0 amide bonds. The van der Waals surface area contributed by atoms with E-state index < -0.39 is 0 Å². The Hall–Kier alpha value is -3.63. The molecule has 4 rings (SSSR count). The molecule has 0 bridgehead atoms. The number of anilines is 1. The number of hydrogen-bond donors (Lipinski definition) is 1. The highest BCUT2D eigenvalue weighted by Gasteiger charge is 2.16. The fourth-order valence-electron chi connectivity index (χ4n) is 3.19. The maximum atomic E-state index is 9.52. The summed E-state index contributed by atoms with van der Waals surface area (Å²) >= 11 is 0. The van der Waals surface area contributed by atoms with Crippen LogP contribution in [-0.4, -0.2) is 41.4 Å². The van der Waals surface area contributed by atoms with Gasteiger partial charge in [-0.1, -0.05) is 0 Å². The van der Waals surface area contributed by atoms with Crippen LogP contribution in [-0.2, 0) is 4.74 Å². The number of nitriles is 1. The lowest BCUT2D eigenvalue weighted by Gasteiger charge is -2.28. The summed E-state index contributed by atoms with van der Waals surface area (Å²) in [6, 6.07) is 14.4. The molecule has 7 nitrogen and oxygen atoms in total. The van der Waals surface area contributed by atoms with Crippen LogP contribution in [0.25, 0.3) is 11.3 Å². The summed E-state index contributed by atoms with van der Waals surface area (Å²) in [5.74, 6) is 2.07. The minimum absolute atomic E-state index is 0.0878. The zero-order valence-electron chi connectivity index (χ0n) is 16.0. The third kappa shape index (κ3) is 4.28. The van der Waals surface area contributed by atoms with Crippen molar-refractivity contribution in [3.63, 3.8) is 0 Å². The van der Waals surface area contributed by atoms with Crippen molar-refractivity contribution in [2.24, 2.45) is 0 Å². The molecule has 0 aliphatic carbocycles. The van der Waals surface area contributed by atoms with Crippen LogP contribution in [0.15, 0.2) is 48.7 Å². The lowest BCUT2D eigenvalue weighted by molar-refractivity contribution is 0.122. The molecular weight excluding hydrogens is 368 g/mol. The van der Waals surface area contributed by atoms with Gasteiger partial charge >= 0.3 is 0 Å². The van der Waals surface area contributed by atoms with Gasteiger partial charge in [0.1, 0.15) is 23.1 Å². The molecule has 2 aromatic heterocycles. The SMILES string of the molecule is Cc1cc(Oc2cc(C#N)ccc2-c2ccc(O)cn2)cc(N2CCOCC2)n1. The van der Waals surface area contributed by atoms with Crippen LogP contribution in [0.3, 0.4) is 0 Å². The van der Waals surface area contributed by atoms with Gasteiger partial charge in [-0.15, -0.1) is 0 Å². The van der Waals surface area contributed by atoms with Gasteiger partial charge in [0, 0.05) is 36.5 Å². The predicted octanol–water partition coefficient (Wildman–Crippen LogP) is 3.66. The number of nitrogens with zero attached hydrogens (tertiary/aromatic N) is 4. The molecule has 0 atom stereocenters. The largest absolute Gasteiger partial charge is 0.506 e. The quantitative estimate of drug-likeness (QED) is 0.729. The van der Waals surface area contributed by atoms with Crippen molar-refractivity contribution in [2.45, 2.75) is 6.92 Å². The smallest absolute Gasteiger partial charge is 0.138 e. The summed E-state index contributed by atoms with van der Waals surface area (Å²) in [4.78, 5) is 11.1. The van der Waals surface area contributed by atoms with Gasteiger partial charge in [0.25, 0.3) is 0 Å². The molecule has 0 spiro atoms. The molecule has 3 heterocycles. The second-order valence-corrected chi connectivity index (χ2v) is 6.73. The Labute approximate surface area is 168 Å². The van der Waals surface area contributed by atoms with Crippen molar-refractivity contribution in [1.29, 1.82) is 5.26 Å². The molecule has 146 valence electrons. The number of rotatable bonds is 4. The van der Waals surface area contributed by atoms with E-state index in [4.69, 9.17) is 9.47 Å². The van der Waals surface area contributed by atoms with Gasteiger partial charge in [-0.05, 0) is 37.3 Å². The van der Waals surface area contributed by atoms with Crippen molar-refractivity contribution < 1.29 is 14.6 Å². The van der Waals surface area contributed by atoms with Gasteiger partial charge in [-0.25, -0.2) is 4.98 Å². The van der Waals surface area contributed by atoms with Crippen molar-refractivity contribution >= 4 is 5.82 Å². The Morgan fingerprint density at radius 1 is 1.14 bits per heavy atom. The minimum atomic E-state index is 0.0878. The fraction of sp³-hybridized carbons (Fsp3) is 0.227. The first-order valence-electron chi connectivity index (χ1n) is 9.31. The van der Waals surface area contributed by atoms with Gasteiger partial charge in [0.2, 0.25) is 0 Å². The Kier molecular flexibility index (Phi) is 5.27. The number of hydrogen-bond acceptors (Lipinski definition) is 7. The minimum Gasteiger partial charge on any atom is -0.506 e. The van der Waals surface area contributed by atoms with Crippen LogP contribution in [0.2, 0.25) is 0 Å². The van der Waals surface area contributed by atoms with Gasteiger partial charge < -0.3 is 19.5 Å². The zero-order valence-corrected chi connectivity index (χ0v) is 16.0. The first-order valence-corrected chi connectivity index (χ1v) is 9.31. The lowest BCUT2D eigenvalue weighted by atomic mass is 10.1. The monoisotopic (exact) mass is 388 g/mol. The normalized spacial score (nSPS) is 13.7. The highest BCUT2D eigenvalue weighted by Crippen LogP contribution is 2.35. The number of aromatic nitrogens is 2. The molecule has 3 aromatic rings. The molecular formula is C22H20N4O3. The van der Waals surface area contributed by atoms with Crippen molar-refractivity contribution in [3.8, 4) is 34.6 Å². The van der Waals surface area contributed by atoms with Gasteiger partial charge in [0.15, 0.2) is 0 Å². The first kappa shape index (κ1) is 18.7. The summed E-state index contributed by atoms with van der Waals surface area (Å²) in [6.45, 7) is 4.83. The average Bonchev–Trinajstić information content (AvgIpc) is 2.74. The molecule has 7 heteroatoms. The number of benzene rings is 1. The van der Waals surface area contributed by atoms with Crippen LogP contribution in [0.4, 0.5) is 5.82 Å². The van der Waals surface area contributed by atoms with Gasteiger partial charge in [0.05, 0.1) is 36.7 Å². The summed E-state index contributed by atoms with van der Waals surface area (Å²) in [5, 5.41) is 18.8. The molecule has 0 unspecified atom stereocenters. The second-order valence-electron chi connectivity index (χ2n) is 6.73. The topological polar surface area (TPSA) is 91.5 Å². The number of aryl methyl sites for hydroxylation is 1. The maximum absolute atomic E-state index is 9.52. The highest BCUT2D eigenvalue weighted by atomic mass is 16.5. The number of aromatic hydroxyl groups is 1. The van der Waals surface area contributed by atoms with E-state index in [0.29, 0.717) is 36.0 Å².